The molecule has 1 saturated heterocycles. The maximum Gasteiger partial charge on any atom is 0.319 e. The number of amides is 3. The highest BCUT2D eigenvalue weighted by molar-refractivity contribution is 5.96. The van der Waals surface area contributed by atoms with Gasteiger partial charge in [0.25, 0.3) is 5.91 Å². The zero-order valence-electron chi connectivity index (χ0n) is 13.2. The predicted octanol–water partition coefficient (Wildman–Crippen LogP) is 1.70. The highest BCUT2D eigenvalue weighted by Gasteiger charge is 2.23. The molecule has 1 aromatic carbocycles. The van der Waals surface area contributed by atoms with Crippen LogP contribution in [0.4, 0.5) is 10.5 Å². The Morgan fingerprint density at radius 3 is 2.83 bits per heavy atom. The first-order valence-corrected chi connectivity index (χ1v) is 8.37. The molecule has 0 spiro atoms. The van der Waals surface area contributed by atoms with E-state index in [1.165, 1.54) is 0 Å². The summed E-state index contributed by atoms with van der Waals surface area (Å²) in [6, 6.07) is 7.14. The van der Waals surface area contributed by atoms with E-state index < -0.39 is 0 Å². The second-order valence-electron chi connectivity index (χ2n) is 6.38. The van der Waals surface area contributed by atoms with Crippen molar-refractivity contribution in [3.05, 3.63) is 29.8 Å². The lowest BCUT2D eigenvalue weighted by molar-refractivity contribution is 0.0945. The Balaban J connectivity index is 1.50. The van der Waals surface area contributed by atoms with Gasteiger partial charge in [-0.25, -0.2) is 4.79 Å². The minimum Gasteiger partial charge on any atom is -0.352 e. The third-order valence-electron chi connectivity index (χ3n) is 4.25. The first-order chi connectivity index (χ1) is 11.2. The monoisotopic (exact) mass is 316 g/mol. The van der Waals surface area contributed by atoms with Gasteiger partial charge in [0.15, 0.2) is 0 Å². The van der Waals surface area contributed by atoms with E-state index in [9.17, 15) is 9.59 Å². The van der Waals surface area contributed by atoms with Crippen molar-refractivity contribution in [1.29, 1.82) is 0 Å². The fraction of sp³-hybridized carbons (Fsp3) is 0.529. The van der Waals surface area contributed by atoms with Gasteiger partial charge in [0, 0.05) is 23.8 Å². The summed E-state index contributed by atoms with van der Waals surface area (Å²) in [5.74, 6) is 0.403. The van der Waals surface area contributed by atoms with Crippen molar-refractivity contribution in [2.75, 3.05) is 25.0 Å². The SMILES string of the molecule is O=C(Nc1cccc(C(=O)NCC2CCCNC2)c1)NC1CC1. The number of benzene rings is 1. The molecule has 6 heteroatoms. The van der Waals surface area contributed by atoms with Crippen molar-refractivity contribution in [2.24, 2.45) is 5.92 Å². The van der Waals surface area contributed by atoms with Crippen LogP contribution in [0.15, 0.2) is 24.3 Å². The molecule has 0 aromatic heterocycles. The molecule has 1 atom stereocenters. The summed E-state index contributed by atoms with van der Waals surface area (Å²) in [5.41, 5.74) is 1.20. The first kappa shape index (κ1) is 15.8. The van der Waals surface area contributed by atoms with Gasteiger partial charge in [-0.1, -0.05) is 6.07 Å². The molecule has 3 rings (SSSR count). The lowest BCUT2D eigenvalue weighted by Crippen LogP contribution is -2.38. The van der Waals surface area contributed by atoms with E-state index in [0.717, 1.165) is 38.8 Å². The molecule has 23 heavy (non-hydrogen) atoms. The highest BCUT2D eigenvalue weighted by atomic mass is 16.2. The number of anilines is 1. The van der Waals surface area contributed by atoms with E-state index in [0.29, 0.717) is 29.8 Å². The molecule has 1 heterocycles. The third-order valence-corrected chi connectivity index (χ3v) is 4.25. The fourth-order valence-electron chi connectivity index (χ4n) is 2.76. The minimum absolute atomic E-state index is 0.0955. The van der Waals surface area contributed by atoms with E-state index in [4.69, 9.17) is 0 Å². The summed E-state index contributed by atoms with van der Waals surface area (Å²) < 4.78 is 0. The van der Waals surface area contributed by atoms with Crippen LogP contribution in [0.1, 0.15) is 36.0 Å². The van der Waals surface area contributed by atoms with Crippen LogP contribution in [-0.4, -0.2) is 37.6 Å². The highest BCUT2D eigenvalue weighted by Crippen LogP contribution is 2.19. The summed E-state index contributed by atoms with van der Waals surface area (Å²) in [7, 11) is 0. The molecule has 124 valence electrons. The van der Waals surface area contributed by atoms with Gasteiger partial charge in [-0.15, -0.1) is 0 Å². The Morgan fingerprint density at radius 2 is 2.09 bits per heavy atom. The van der Waals surface area contributed by atoms with E-state index in [1.807, 2.05) is 0 Å². The molecule has 6 nitrogen and oxygen atoms in total. The molecule has 1 aliphatic carbocycles. The number of rotatable bonds is 5. The Hall–Kier alpha value is -2.08. The second-order valence-corrected chi connectivity index (χ2v) is 6.38. The fourth-order valence-corrected chi connectivity index (χ4v) is 2.76. The van der Waals surface area contributed by atoms with Crippen LogP contribution in [0.5, 0.6) is 0 Å². The minimum atomic E-state index is -0.210. The first-order valence-electron chi connectivity index (χ1n) is 8.37. The number of carbonyl (C=O) groups excluding carboxylic acids is 2. The van der Waals surface area contributed by atoms with E-state index >= 15 is 0 Å². The summed E-state index contributed by atoms with van der Waals surface area (Å²) in [4.78, 5) is 24.0. The Labute approximate surface area is 136 Å². The molecule has 1 aromatic rings. The maximum atomic E-state index is 12.3. The van der Waals surface area contributed by atoms with E-state index in [2.05, 4.69) is 21.3 Å². The molecule has 0 radical (unpaired) electrons. The number of hydrogen-bond donors (Lipinski definition) is 4. The average Bonchev–Trinajstić information content (AvgIpc) is 3.37. The van der Waals surface area contributed by atoms with Crippen molar-refractivity contribution < 1.29 is 9.59 Å². The van der Waals surface area contributed by atoms with Gasteiger partial charge in [0.1, 0.15) is 0 Å². The Kier molecular flexibility index (Phi) is 5.12. The van der Waals surface area contributed by atoms with Crippen LogP contribution >= 0.6 is 0 Å². The summed E-state index contributed by atoms with van der Waals surface area (Å²) in [5, 5.41) is 12.0. The number of hydrogen-bond acceptors (Lipinski definition) is 3. The van der Waals surface area contributed by atoms with Crippen molar-refractivity contribution >= 4 is 17.6 Å². The average molecular weight is 316 g/mol. The van der Waals surface area contributed by atoms with Gasteiger partial charge in [-0.2, -0.15) is 0 Å². The molecule has 2 aliphatic rings. The van der Waals surface area contributed by atoms with Gasteiger partial charge < -0.3 is 21.3 Å². The van der Waals surface area contributed by atoms with Gasteiger partial charge in [-0.05, 0) is 62.9 Å². The normalized spacial score (nSPS) is 20.6. The zero-order valence-corrected chi connectivity index (χ0v) is 13.2. The van der Waals surface area contributed by atoms with Crippen LogP contribution in [0.25, 0.3) is 0 Å². The quantitative estimate of drug-likeness (QED) is 0.667. The van der Waals surface area contributed by atoms with Crippen LogP contribution in [0.3, 0.4) is 0 Å². The third kappa shape index (κ3) is 4.96. The predicted molar refractivity (Wildman–Crippen MR) is 89.5 cm³/mol. The Morgan fingerprint density at radius 1 is 1.22 bits per heavy atom. The zero-order chi connectivity index (χ0) is 16.1. The molecule has 1 saturated carbocycles. The molecule has 4 N–H and O–H groups in total. The van der Waals surface area contributed by atoms with Crippen LogP contribution in [0.2, 0.25) is 0 Å². The van der Waals surface area contributed by atoms with Crippen molar-refractivity contribution in [1.82, 2.24) is 16.0 Å². The van der Waals surface area contributed by atoms with Crippen LogP contribution in [-0.2, 0) is 0 Å². The summed E-state index contributed by atoms with van der Waals surface area (Å²) in [6.45, 7) is 2.72. The molecule has 1 unspecified atom stereocenters. The lowest BCUT2D eigenvalue weighted by atomic mass is 9.99. The van der Waals surface area contributed by atoms with Gasteiger partial charge >= 0.3 is 6.03 Å². The lowest BCUT2D eigenvalue weighted by Gasteiger charge is -2.22. The number of urea groups is 1. The smallest absolute Gasteiger partial charge is 0.319 e. The summed E-state index contributed by atoms with van der Waals surface area (Å²) in [6.07, 6.45) is 4.41. The van der Waals surface area contributed by atoms with Crippen molar-refractivity contribution in [3.63, 3.8) is 0 Å². The topological polar surface area (TPSA) is 82.3 Å². The molecular weight excluding hydrogens is 292 g/mol. The molecule has 1 aliphatic heterocycles. The van der Waals surface area contributed by atoms with Gasteiger partial charge in [0.05, 0.1) is 0 Å². The number of piperidine rings is 1. The second kappa shape index (κ2) is 7.46. The molecular formula is C17H24N4O2. The standard InChI is InChI=1S/C17H24N4O2/c22-16(19-11-12-3-2-8-18-10-12)13-4-1-5-15(9-13)21-17(23)20-14-6-7-14/h1,4-5,9,12,14,18H,2-3,6-8,10-11H2,(H,19,22)(H2,20,21,23). The number of carbonyl (C=O) groups is 2. The van der Waals surface area contributed by atoms with Gasteiger partial charge in [0.2, 0.25) is 0 Å². The van der Waals surface area contributed by atoms with Gasteiger partial charge in [-0.3, -0.25) is 4.79 Å². The van der Waals surface area contributed by atoms with E-state index in [1.54, 1.807) is 24.3 Å². The van der Waals surface area contributed by atoms with Crippen LogP contribution in [0, 0.1) is 5.92 Å². The number of nitrogens with one attached hydrogen (secondary N) is 4. The van der Waals surface area contributed by atoms with Crippen molar-refractivity contribution in [3.8, 4) is 0 Å². The summed E-state index contributed by atoms with van der Waals surface area (Å²) >= 11 is 0. The van der Waals surface area contributed by atoms with Crippen molar-refractivity contribution in [2.45, 2.75) is 31.7 Å². The van der Waals surface area contributed by atoms with Crippen LogP contribution < -0.4 is 21.3 Å². The largest absolute Gasteiger partial charge is 0.352 e. The Bertz CT molecular complexity index is 565. The molecule has 0 bridgehead atoms. The molecule has 3 amide bonds. The molecule has 2 fully saturated rings. The maximum absolute atomic E-state index is 12.3. The van der Waals surface area contributed by atoms with E-state index in [-0.39, 0.29) is 11.9 Å².